The fourth-order valence-electron chi connectivity index (χ4n) is 12.1. The van der Waals surface area contributed by atoms with Gasteiger partial charge in [0.2, 0.25) is 0 Å². The van der Waals surface area contributed by atoms with Gasteiger partial charge in [0.1, 0.15) is 98.7 Å². The Bertz CT molecular complexity index is 2150. The number of hydrogen-bond acceptors (Lipinski definition) is 23. The van der Waals surface area contributed by atoms with Crippen LogP contribution in [0.25, 0.3) is 0 Å². The van der Waals surface area contributed by atoms with Crippen molar-refractivity contribution in [1.82, 2.24) is 0 Å². The lowest BCUT2D eigenvalue weighted by atomic mass is 9.84. The molecule has 2 heterocycles. The van der Waals surface area contributed by atoms with Crippen LogP contribution in [0.3, 0.4) is 0 Å². The Morgan fingerprint density at radius 1 is 0.423 bits per heavy atom. The molecule has 3 aliphatic rings. The zero-order valence-corrected chi connectivity index (χ0v) is 59.8. The second-order valence-electron chi connectivity index (χ2n) is 26.7. The minimum absolute atomic E-state index is 0.0195. The van der Waals surface area contributed by atoms with Gasteiger partial charge in [0, 0.05) is 18.9 Å². The van der Waals surface area contributed by atoms with Crippen LogP contribution < -0.4 is 0 Å². The van der Waals surface area contributed by atoms with E-state index in [1.165, 1.54) is 122 Å². The average molecular weight is 1410 g/mol. The molecular formula is C72H129O24P. The molecule has 1 saturated carbocycles. The number of phosphoric ester groups is 1. The first-order chi connectivity index (χ1) is 46.8. The summed E-state index contributed by atoms with van der Waals surface area (Å²) in [5.74, 6) is -2.25. The first kappa shape index (κ1) is 88.4. The molecule has 0 radical (unpaired) electrons. The van der Waals surface area contributed by atoms with Crippen molar-refractivity contribution in [3.8, 4) is 0 Å². The number of phosphoric acid groups is 1. The molecule has 566 valence electrons. The Morgan fingerprint density at radius 2 is 0.794 bits per heavy atom. The van der Waals surface area contributed by atoms with Crippen LogP contribution in [-0.2, 0) is 61.2 Å². The Kier molecular flexibility index (Phi) is 49.1. The second kappa shape index (κ2) is 53.9. The van der Waals surface area contributed by atoms with E-state index in [9.17, 15) is 74.9 Å². The van der Waals surface area contributed by atoms with E-state index in [4.69, 9.17) is 42.2 Å². The van der Waals surface area contributed by atoms with E-state index in [1.807, 2.05) is 6.08 Å². The van der Waals surface area contributed by atoms with Gasteiger partial charge in [-0.25, -0.2) is 9.36 Å². The molecule has 3 rings (SSSR count). The number of carbonyl (C=O) groups excluding carboxylic acids is 3. The zero-order chi connectivity index (χ0) is 71.1. The topological polar surface area (TPSA) is 374 Å². The number of aliphatic hydroxyl groups is 10. The highest BCUT2D eigenvalue weighted by Gasteiger charge is 2.58. The molecule has 0 aromatic heterocycles. The maximum absolute atomic E-state index is 14.3. The van der Waals surface area contributed by atoms with Gasteiger partial charge in [-0.3, -0.25) is 18.6 Å². The lowest BCUT2D eigenvalue weighted by molar-refractivity contribution is -0.360. The van der Waals surface area contributed by atoms with Crippen LogP contribution in [-0.4, -0.2) is 204 Å². The summed E-state index contributed by atoms with van der Waals surface area (Å²) in [6.45, 7) is 3.31. The molecule has 3 fully saturated rings. The molecule has 24 nitrogen and oxygen atoms in total. The SMILES string of the molecule is CCCCCC/C=C\CCCCCCCCCC(=O)OCC1OC(OC2C(O)C(O)C(O)C(OC3OC(CO)C(O)C(O)C3O)C2OP(=O)(O)OCC(COC(=O)CCCCCCCCCCCCCC)OC(=O)/C=C/C=C/CCCCCCCCCCCCC)C(O)C(O)C1O. The van der Waals surface area contributed by atoms with E-state index in [0.717, 1.165) is 115 Å². The van der Waals surface area contributed by atoms with Crippen LogP contribution in [0.5, 0.6) is 0 Å². The lowest BCUT2D eigenvalue weighted by Gasteiger charge is -2.49. The van der Waals surface area contributed by atoms with Gasteiger partial charge >= 0.3 is 25.7 Å². The normalized spacial score (nSPS) is 28.0. The molecular weight excluding hydrogens is 1280 g/mol. The predicted octanol–water partition coefficient (Wildman–Crippen LogP) is 9.90. The van der Waals surface area contributed by atoms with Gasteiger partial charge in [-0.1, -0.05) is 237 Å². The van der Waals surface area contributed by atoms with Crippen molar-refractivity contribution in [1.29, 1.82) is 0 Å². The Balaban J connectivity index is 1.76. The van der Waals surface area contributed by atoms with Crippen molar-refractivity contribution in [3.05, 3.63) is 36.5 Å². The Hall–Kier alpha value is -2.82. The number of allylic oxidation sites excluding steroid dienone is 5. The van der Waals surface area contributed by atoms with Crippen LogP contribution >= 0.6 is 7.82 Å². The molecule has 18 unspecified atom stereocenters. The Labute approximate surface area is 578 Å². The number of esters is 3. The van der Waals surface area contributed by atoms with Crippen molar-refractivity contribution in [2.75, 3.05) is 26.4 Å². The largest absolute Gasteiger partial charge is 0.472 e. The summed E-state index contributed by atoms with van der Waals surface area (Å²) in [6.07, 6.45) is 15.7. The summed E-state index contributed by atoms with van der Waals surface area (Å²) >= 11 is 0. The number of carbonyl (C=O) groups is 3. The highest BCUT2D eigenvalue weighted by Crippen LogP contribution is 2.49. The minimum Gasteiger partial charge on any atom is -0.463 e. The van der Waals surface area contributed by atoms with Crippen molar-refractivity contribution < 1.29 is 117 Å². The molecule has 1 aliphatic carbocycles. The van der Waals surface area contributed by atoms with Gasteiger partial charge in [-0.15, -0.1) is 0 Å². The van der Waals surface area contributed by atoms with Crippen LogP contribution in [0.4, 0.5) is 0 Å². The van der Waals surface area contributed by atoms with Gasteiger partial charge in [0.25, 0.3) is 0 Å². The molecule has 2 aliphatic heterocycles. The van der Waals surface area contributed by atoms with Crippen molar-refractivity contribution in [2.45, 2.75) is 375 Å². The highest BCUT2D eigenvalue weighted by atomic mass is 31.2. The van der Waals surface area contributed by atoms with Gasteiger partial charge in [0.15, 0.2) is 18.7 Å². The first-order valence-corrected chi connectivity index (χ1v) is 38.8. The summed E-state index contributed by atoms with van der Waals surface area (Å²) < 4.78 is 64.7. The molecule has 25 heteroatoms. The van der Waals surface area contributed by atoms with Crippen LogP contribution in [0.2, 0.25) is 0 Å². The minimum atomic E-state index is -5.72. The van der Waals surface area contributed by atoms with Gasteiger partial charge in [-0.05, 0) is 51.4 Å². The number of aliphatic hydroxyl groups excluding tert-OH is 10. The molecule has 0 bridgehead atoms. The van der Waals surface area contributed by atoms with E-state index < -0.39 is 156 Å². The first-order valence-electron chi connectivity index (χ1n) is 37.3. The highest BCUT2D eigenvalue weighted by molar-refractivity contribution is 7.47. The van der Waals surface area contributed by atoms with E-state index in [1.54, 1.807) is 6.08 Å². The third kappa shape index (κ3) is 37.3. The molecule has 0 aromatic carbocycles. The number of rotatable bonds is 57. The smallest absolute Gasteiger partial charge is 0.463 e. The number of ether oxygens (including phenoxy) is 7. The zero-order valence-electron chi connectivity index (χ0n) is 58.9. The maximum atomic E-state index is 14.3. The van der Waals surface area contributed by atoms with Crippen molar-refractivity contribution >= 4 is 25.7 Å². The van der Waals surface area contributed by atoms with Crippen molar-refractivity contribution in [2.24, 2.45) is 0 Å². The fraction of sp³-hybridized carbons (Fsp3) is 0.875. The summed E-state index contributed by atoms with van der Waals surface area (Å²) in [5.41, 5.74) is 0. The molecule has 0 aromatic rings. The predicted molar refractivity (Wildman–Crippen MR) is 365 cm³/mol. The Morgan fingerprint density at radius 3 is 1.24 bits per heavy atom. The number of unbranched alkanes of at least 4 members (excludes halogenated alkanes) is 33. The average Bonchev–Trinajstić information content (AvgIpc) is 0.778. The van der Waals surface area contributed by atoms with Gasteiger partial charge < -0.3 is 89.1 Å². The molecule has 0 spiro atoms. The van der Waals surface area contributed by atoms with Crippen molar-refractivity contribution in [3.63, 3.8) is 0 Å². The van der Waals surface area contributed by atoms with E-state index in [0.29, 0.717) is 12.8 Å². The standard InChI is InChI=1S/C72H129O24P/c1-4-7-10-13-16-19-22-25-27-29-32-35-38-41-44-47-57(75)89-52-55-60(78)62(80)67(85)72(93-55)95-69-65(83)63(81)64(82)68(94-71-66(84)61(79)59(77)54(49-73)92-71)70(69)96-97(86,87)90-51-53(50-88-56(74)46-43-40-37-34-31-24-21-18-15-12-9-6-3)91-58(76)48-45-42-39-36-33-30-28-26-23-20-17-14-11-8-5-2/h19,22,39,42,45,48,53-55,59-73,77-85H,4-18,20-21,23-38,40-41,43-44,46-47,49-52H2,1-3H3,(H,86,87)/b22-19-,42-39+,48-45+. The third-order valence-corrected chi connectivity index (χ3v) is 19.2. The van der Waals surface area contributed by atoms with E-state index in [-0.39, 0.29) is 12.8 Å². The lowest BCUT2D eigenvalue weighted by Crippen LogP contribution is -2.69. The second-order valence-corrected chi connectivity index (χ2v) is 28.1. The molecule has 0 amide bonds. The molecule has 2 saturated heterocycles. The quantitative estimate of drug-likeness (QED) is 0.00513. The van der Waals surface area contributed by atoms with Gasteiger partial charge in [-0.2, -0.15) is 0 Å². The number of hydrogen-bond donors (Lipinski definition) is 11. The van der Waals surface area contributed by atoms with Crippen LogP contribution in [0, 0.1) is 0 Å². The summed E-state index contributed by atoms with van der Waals surface area (Å²) in [4.78, 5) is 50.8. The molecule has 11 N–H and O–H groups in total. The van der Waals surface area contributed by atoms with E-state index in [2.05, 4.69) is 32.9 Å². The van der Waals surface area contributed by atoms with Crippen LogP contribution in [0.1, 0.15) is 271 Å². The summed E-state index contributed by atoms with van der Waals surface area (Å²) in [5, 5.41) is 110. The maximum Gasteiger partial charge on any atom is 0.472 e. The van der Waals surface area contributed by atoms with Gasteiger partial charge in [0.05, 0.1) is 13.2 Å². The molecule has 18 atom stereocenters. The van der Waals surface area contributed by atoms with E-state index >= 15 is 0 Å². The van der Waals surface area contributed by atoms with Crippen LogP contribution in [0.15, 0.2) is 36.5 Å². The fourth-order valence-corrected chi connectivity index (χ4v) is 13.1. The monoisotopic (exact) mass is 1410 g/mol. The molecule has 97 heavy (non-hydrogen) atoms. The summed E-state index contributed by atoms with van der Waals surface area (Å²) in [6, 6.07) is 0. The summed E-state index contributed by atoms with van der Waals surface area (Å²) in [7, 11) is -5.72. The third-order valence-electron chi connectivity index (χ3n) is 18.3.